The van der Waals surface area contributed by atoms with Crippen LogP contribution in [0.3, 0.4) is 0 Å². The molecule has 0 aliphatic heterocycles. The van der Waals surface area contributed by atoms with Crippen LogP contribution in [0, 0.1) is 0 Å². The second-order valence-electron chi connectivity index (χ2n) is 2.60. The summed E-state index contributed by atoms with van der Waals surface area (Å²) >= 11 is 0. The zero-order chi connectivity index (χ0) is 8.10. The van der Waals surface area contributed by atoms with E-state index >= 15 is 0 Å². The van der Waals surface area contributed by atoms with E-state index in [1.54, 1.807) is 7.11 Å². The lowest BCUT2D eigenvalue weighted by Gasteiger charge is -2.01. The number of methoxy groups -OCH3 is 1. The van der Waals surface area contributed by atoms with Crippen molar-refractivity contribution in [2.24, 2.45) is 0 Å². The molecular weight excluding hydrogens is 150 g/mol. The first-order valence-corrected chi connectivity index (χ1v) is 3.99. The summed E-state index contributed by atoms with van der Waals surface area (Å²) in [5.41, 5.74) is 1.35. The van der Waals surface area contributed by atoms with Crippen LogP contribution < -0.4 is 10.9 Å². The molecule has 0 saturated heterocycles. The lowest BCUT2D eigenvalue weighted by molar-refractivity contribution is 0.414. The minimum Gasteiger partial charge on any atom is -0.497 e. The molecule has 0 amide bonds. The molecule has 2 nitrogen and oxygen atoms in total. The van der Waals surface area contributed by atoms with E-state index < -0.39 is 0 Å². The standard InChI is InChI=1S/C10H14O.H3N/c1-3-5-9-6-4-7-10(8-9)11-2;/h4,6-8H,3,5H2,1-2H3;1H3. The van der Waals surface area contributed by atoms with Gasteiger partial charge in [0.25, 0.3) is 0 Å². The van der Waals surface area contributed by atoms with Gasteiger partial charge in [-0.3, -0.25) is 0 Å². The third-order valence-electron chi connectivity index (χ3n) is 1.67. The molecule has 1 aromatic rings. The lowest BCUT2D eigenvalue weighted by Crippen LogP contribution is -1.86. The fraction of sp³-hybridized carbons (Fsp3) is 0.400. The van der Waals surface area contributed by atoms with Crippen molar-refractivity contribution in [1.82, 2.24) is 6.15 Å². The minimum atomic E-state index is 0. The molecule has 0 aliphatic rings. The summed E-state index contributed by atoms with van der Waals surface area (Å²) in [5.74, 6) is 0.955. The van der Waals surface area contributed by atoms with Crippen LogP contribution in [-0.2, 0) is 6.42 Å². The Labute approximate surface area is 74.1 Å². The number of rotatable bonds is 3. The Bertz CT molecular complexity index is 223. The summed E-state index contributed by atoms with van der Waals surface area (Å²) in [5, 5.41) is 0. The number of benzene rings is 1. The highest BCUT2D eigenvalue weighted by Gasteiger charge is 1.92. The van der Waals surface area contributed by atoms with Crippen molar-refractivity contribution in [3.05, 3.63) is 29.8 Å². The molecule has 3 N–H and O–H groups in total. The van der Waals surface area contributed by atoms with Crippen LogP contribution in [-0.4, -0.2) is 7.11 Å². The van der Waals surface area contributed by atoms with E-state index in [2.05, 4.69) is 19.1 Å². The van der Waals surface area contributed by atoms with Crippen molar-refractivity contribution < 1.29 is 4.74 Å². The smallest absolute Gasteiger partial charge is 0.119 e. The summed E-state index contributed by atoms with van der Waals surface area (Å²) in [7, 11) is 1.70. The summed E-state index contributed by atoms with van der Waals surface area (Å²) < 4.78 is 5.10. The van der Waals surface area contributed by atoms with Crippen LogP contribution in [0.4, 0.5) is 0 Å². The lowest BCUT2D eigenvalue weighted by atomic mass is 10.1. The van der Waals surface area contributed by atoms with Gasteiger partial charge in [0.1, 0.15) is 5.75 Å². The van der Waals surface area contributed by atoms with E-state index in [0.29, 0.717) is 0 Å². The molecule has 1 aromatic carbocycles. The number of hydrogen-bond donors (Lipinski definition) is 1. The number of aryl methyl sites for hydroxylation is 1. The largest absolute Gasteiger partial charge is 0.497 e. The fourth-order valence-corrected chi connectivity index (χ4v) is 1.12. The van der Waals surface area contributed by atoms with Gasteiger partial charge in [-0.15, -0.1) is 0 Å². The van der Waals surface area contributed by atoms with E-state index in [0.717, 1.165) is 12.2 Å². The molecule has 1 rings (SSSR count). The van der Waals surface area contributed by atoms with Gasteiger partial charge in [-0.25, -0.2) is 0 Å². The molecule has 0 atom stereocenters. The topological polar surface area (TPSA) is 44.2 Å². The first-order valence-electron chi connectivity index (χ1n) is 3.99. The summed E-state index contributed by atoms with van der Waals surface area (Å²) in [6.45, 7) is 2.18. The first kappa shape index (κ1) is 11.0. The maximum absolute atomic E-state index is 5.10. The Morgan fingerprint density at radius 3 is 2.67 bits per heavy atom. The molecule has 12 heavy (non-hydrogen) atoms. The molecule has 0 fully saturated rings. The van der Waals surface area contributed by atoms with Gasteiger partial charge in [0.15, 0.2) is 0 Å². The maximum Gasteiger partial charge on any atom is 0.119 e. The zero-order valence-corrected chi connectivity index (χ0v) is 7.84. The summed E-state index contributed by atoms with van der Waals surface area (Å²) in [6, 6.07) is 8.22. The highest BCUT2D eigenvalue weighted by molar-refractivity contribution is 5.28. The van der Waals surface area contributed by atoms with Crippen molar-refractivity contribution in [2.75, 3.05) is 7.11 Å². The van der Waals surface area contributed by atoms with E-state index in [1.165, 1.54) is 12.0 Å². The normalized spacial score (nSPS) is 8.83. The van der Waals surface area contributed by atoms with E-state index in [1.807, 2.05) is 12.1 Å². The fourth-order valence-electron chi connectivity index (χ4n) is 1.12. The van der Waals surface area contributed by atoms with Crippen LogP contribution >= 0.6 is 0 Å². The van der Waals surface area contributed by atoms with E-state index in [-0.39, 0.29) is 6.15 Å². The Morgan fingerprint density at radius 2 is 2.08 bits per heavy atom. The van der Waals surface area contributed by atoms with Crippen LogP contribution in [0.1, 0.15) is 18.9 Å². The van der Waals surface area contributed by atoms with Gasteiger partial charge in [0.2, 0.25) is 0 Å². The average molecular weight is 167 g/mol. The molecule has 0 saturated carbocycles. The van der Waals surface area contributed by atoms with Gasteiger partial charge >= 0.3 is 0 Å². The van der Waals surface area contributed by atoms with E-state index in [4.69, 9.17) is 4.74 Å². The Hall–Kier alpha value is -1.02. The molecule has 0 unspecified atom stereocenters. The van der Waals surface area contributed by atoms with Crippen molar-refractivity contribution in [1.29, 1.82) is 0 Å². The highest BCUT2D eigenvalue weighted by atomic mass is 16.5. The Morgan fingerprint density at radius 1 is 1.33 bits per heavy atom. The SMILES string of the molecule is CCCc1cccc(OC)c1.N. The monoisotopic (exact) mass is 167 g/mol. The highest BCUT2D eigenvalue weighted by Crippen LogP contribution is 2.13. The van der Waals surface area contributed by atoms with Crippen molar-refractivity contribution in [3.63, 3.8) is 0 Å². The van der Waals surface area contributed by atoms with Gasteiger partial charge in [0, 0.05) is 0 Å². The third-order valence-corrected chi connectivity index (χ3v) is 1.67. The van der Waals surface area contributed by atoms with Crippen LogP contribution in [0.25, 0.3) is 0 Å². The number of hydrogen-bond acceptors (Lipinski definition) is 2. The molecule has 0 bridgehead atoms. The van der Waals surface area contributed by atoms with Crippen molar-refractivity contribution in [2.45, 2.75) is 19.8 Å². The molecule has 2 heteroatoms. The van der Waals surface area contributed by atoms with Crippen LogP contribution in [0.5, 0.6) is 5.75 Å². The molecule has 0 aromatic heterocycles. The van der Waals surface area contributed by atoms with Gasteiger partial charge in [-0.05, 0) is 24.1 Å². The predicted octanol–water partition coefficient (Wildman–Crippen LogP) is 2.81. The third kappa shape index (κ3) is 2.93. The second kappa shape index (κ2) is 5.61. The molecular formula is C10H17NO. The van der Waals surface area contributed by atoms with Gasteiger partial charge in [0.05, 0.1) is 7.11 Å². The quantitative estimate of drug-likeness (QED) is 0.752. The first-order chi connectivity index (χ1) is 5.36. The molecule has 0 heterocycles. The van der Waals surface area contributed by atoms with Crippen molar-refractivity contribution in [3.8, 4) is 5.75 Å². The maximum atomic E-state index is 5.10. The predicted molar refractivity (Wildman–Crippen MR) is 52.0 cm³/mol. The van der Waals surface area contributed by atoms with Gasteiger partial charge in [-0.2, -0.15) is 0 Å². The molecule has 0 spiro atoms. The minimum absolute atomic E-state index is 0. The van der Waals surface area contributed by atoms with Gasteiger partial charge < -0.3 is 10.9 Å². The molecule has 68 valence electrons. The Kier molecular flexibility index (Phi) is 5.13. The summed E-state index contributed by atoms with van der Waals surface area (Å²) in [4.78, 5) is 0. The molecule has 0 aliphatic carbocycles. The zero-order valence-electron chi connectivity index (χ0n) is 7.84. The van der Waals surface area contributed by atoms with Crippen molar-refractivity contribution >= 4 is 0 Å². The Balaban J connectivity index is 0.00000121. The average Bonchev–Trinajstić information content (AvgIpc) is 2.06. The summed E-state index contributed by atoms with van der Waals surface area (Å²) in [6.07, 6.45) is 2.32. The van der Waals surface area contributed by atoms with E-state index in [9.17, 15) is 0 Å². The number of ether oxygens (including phenoxy) is 1. The molecule has 0 radical (unpaired) electrons. The second-order valence-corrected chi connectivity index (χ2v) is 2.60. The van der Waals surface area contributed by atoms with Crippen LogP contribution in [0.2, 0.25) is 0 Å². The van der Waals surface area contributed by atoms with Gasteiger partial charge in [-0.1, -0.05) is 25.5 Å². The van der Waals surface area contributed by atoms with Crippen LogP contribution in [0.15, 0.2) is 24.3 Å².